The van der Waals surface area contributed by atoms with Crippen molar-refractivity contribution in [3.63, 3.8) is 0 Å². The summed E-state index contributed by atoms with van der Waals surface area (Å²) in [6.45, 7) is 0.256. The molecular weight excluding hydrogens is 220 g/mol. The predicted molar refractivity (Wildman–Crippen MR) is 65.9 cm³/mol. The summed E-state index contributed by atoms with van der Waals surface area (Å²) < 4.78 is 0. The maximum absolute atomic E-state index is 10.0. The number of rotatable bonds is 5. The van der Waals surface area contributed by atoms with E-state index in [0.717, 1.165) is 0 Å². The van der Waals surface area contributed by atoms with Gasteiger partial charge in [0.1, 0.15) is 5.84 Å². The zero-order chi connectivity index (χ0) is 12.7. The molecule has 0 saturated heterocycles. The van der Waals surface area contributed by atoms with Gasteiger partial charge in [0.25, 0.3) is 0 Å². The number of carbonyl (C=O) groups excluding carboxylic acids is 1. The monoisotopic (exact) mass is 234 g/mol. The van der Waals surface area contributed by atoms with E-state index >= 15 is 0 Å². The topological polar surface area (TPSA) is 101 Å². The lowest BCUT2D eigenvalue weighted by atomic mass is 10.1. The van der Waals surface area contributed by atoms with Gasteiger partial charge in [-0.05, 0) is 6.07 Å². The van der Waals surface area contributed by atoms with E-state index in [1.54, 1.807) is 24.3 Å². The van der Waals surface area contributed by atoms with Gasteiger partial charge in [-0.1, -0.05) is 18.2 Å². The summed E-state index contributed by atoms with van der Waals surface area (Å²) in [4.78, 5) is 18.2. The molecule has 0 aliphatic carbocycles. The second kappa shape index (κ2) is 6.26. The summed E-state index contributed by atoms with van der Waals surface area (Å²) in [6.07, 6.45) is 0.207. The van der Waals surface area contributed by atoms with Crippen LogP contribution in [-0.4, -0.2) is 25.1 Å². The first kappa shape index (κ1) is 12.7. The molecule has 0 spiro atoms. The highest BCUT2D eigenvalue weighted by molar-refractivity contribution is 6.12. The second-order valence-electron chi connectivity index (χ2n) is 3.23. The number of amidine groups is 1. The molecule has 0 amide bonds. The molecule has 0 aromatic heterocycles. The maximum Gasteiger partial charge on any atom is 0.320 e. The van der Waals surface area contributed by atoms with Crippen molar-refractivity contribution in [3.05, 3.63) is 29.8 Å². The van der Waals surface area contributed by atoms with Crippen molar-refractivity contribution in [2.45, 2.75) is 6.42 Å². The number of nitrogen functional groups attached to an aromatic ring is 1. The van der Waals surface area contributed by atoms with Crippen LogP contribution in [0.1, 0.15) is 12.0 Å². The average molecular weight is 234 g/mol. The van der Waals surface area contributed by atoms with Gasteiger partial charge in [0, 0.05) is 24.0 Å². The van der Waals surface area contributed by atoms with E-state index in [0.29, 0.717) is 22.8 Å². The zero-order valence-electron chi connectivity index (χ0n) is 9.43. The summed E-state index contributed by atoms with van der Waals surface area (Å²) in [5, 5.41) is 7.90. The van der Waals surface area contributed by atoms with Crippen molar-refractivity contribution in [1.29, 1.82) is 5.41 Å². The van der Waals surface area contributed by atoms with E-state index in [1.807, 2.05) is 0 Å². The van der Waals surface area contributed by atoms with Gasteiger partial charge >= 0.3 is 6.47 Å². The van der Waals surface area contributed by atoms with Crippen molar-refractivity contribution in [2.75, 3.05) is 12.8 Å². The molecule has 0 atom stereocenters. The lowest BCUT2D eigenvalue weighted by Gasteiger charge is -2.09. The highest BCUT2D eigenvalue weighted by atomic mass is 16.7. The van der Waals surface area contributed by atoms with Gasteiger partial charge in [-0.15, -0.1) is 0 Å². The first-order valence-electron chi connectivity index (χ1n) is 4.92. The van der Waals surface area contributed by atoms with E-state index < -0.39 is 0 Å². The highest BCUT2D eigenvalue weighted by Crippen LogP contribution is 2.12. The molecule has 17 heavy (non-hydrogen) atoms. The Balaban J connectivity index is 2.72. The first-order valence-corrected chi connectivity index (χ1v) is 4.92. The normalized spacial score (nSPS) is 10.8. The lowest BCUT2D eigenvalue weighted by molar-refractivity contribution is -0.132. The lowest BCUT2D eigenvalue weighted by Crippen LogP contribution is -2.26. The van der Waals surface area contributed by atoms with Crippen LogP contribution in [0.25, 0.3) is 0 Å². The van der Waals surface area contributed by atoms with E-state index in [1.165, 1.54) is 7.05 Å². The molecule has 0 bridgehead atoms. The van der Waals surface area contributed by atoms with Crippen molar-refractivity contribution >= 4 is 23.7 Å². The highest BCUT2D eigenvalue weighted by Gasteiger charge is 2.08. The molecule has 0 fully saturated rings. The quantitative estimate of drug-likeness (QED) is 0.230. The number of benzene rings is 1. The first-order chi connectivity index (χ1) is 8.19. The van der Waals surface area contributed by atoms with Crippen molar-refractivity contribution in [3.8, 4) is 0 Å². The van der Waals surface area contributed by atoms with Gasteiger partial charge in [-0.25, -0.2) is 5.48 Å². The summed E-state index contributed by atoms with van der Waals surface area (Å²) in [5.74, 6) is 0.380. The molecular formula is C11H14N4O2. The third-order valence-corrected chi connectivity index (χ3v) is 2.12. The molecule has 1 aromatic rings. The minimum atomic E-state index is 0.207. The summed E-state index contributed by atoms with van der Waals surface area (Å²) in [5.41, 5.74) is 9.56. The van der Waals surface area contributed by atoms with Crippen LogP contribution < -0.4 is 11.2 Å². The van der Waals surface area contributed by atoms with E-state index in [2.05, 4.69) is 15.3 Å². The number of para-hydroxylation sites is 1. The third kappa shape index (κ3) is 3.60. The molecule has 0 heterocycles. The van der Waals surface area contributed by atoms with Crippen LogP contribution in [0.5, 0.6) is 0 Å². The Bertz CT molecular complexity index is 443. The number of carbonyl (C=O) groups is 1. The predicted octanol–water partition coefficient (Wildman–Crippen LogP) is 0.733. The van der Waals surface area contributed by atoms with Crippen LogP contribution in [-0.2, 0) is 9.63 Å². The summed E-state index contributed by atoms with van der Waals surface area (Å²) >= 11 is 0. The van der Waals surface area contributed by atoms with E-state index in [9.17, 15) is 4.79 Å². The number of nitrogens with zero attached hydrogens (tertiary/aromatic N) is 1. The Labute approximate surface area is 99.0 Å². The number of anilines is 1. The fourth-order valence-electron chi connectivity index (χ4n) is 1.29. The fourth-order valence-corrected chi connectivity index (χ4v) is 1.29. The number of hydroxylamine groups is 1. The molecule has 0 aliphatic heterocycles. The van der Waals surface area contributed by atoms with Crippen molar-refractivity contribution < 1.29 is 9.63 Å². The number of hydrogen-bond acceptors (Lipinski definition) is 5. The van der Waals surface area contributed by atoms with Crippen molar-refractivity contribution in [2.24, 2.45) is 4.99 Å². The molecule has 6 heteroatoms. The average Bonchev–Trinajstić information content (AvgIpc) is 2.34. The molecule has 0 saturated carbocycles. The molecule has 4 N–H and O–H groups in total. The Kier molecular flexibility index (Phi) is 4.68. The molecule has 0 aliphatic rings. The number of aliphatic imine (C=N–C) groups is 1. The van der Waals surface area contributed by atoms with Crippen LogP contribution in [0.3, 0.4) is 0 Å². The van der Waals surface area contributed by atoms with Crippen molar-refractivity contribution in [1.82, 2.24) is 5.48 Å². The molecule has 1 rings (SSSR count). The van der Waals surface area contributed by atoms with Crippen LogP contribution in [0, 0.1) is 5.41 Å². The van der Waals surface area contributed by atoms with Gasteiger partial charge < -0.3 is 16.0 Å². The Morgan fingerprint density at radius 3 is 2.88 bits per heavy atom. The Morgan fingerprint density at radius 1 is 1.59 bits per heavy atom. The number of nitrogens with two attached hydrogens (primary N) is 1. The van der Waals surface area contributed by atoms with Gasteiger partial charge in [0.2, 0.25) is 0 Å². The Hall–Kier alpha value is -2.37. The molecule has 1 aromatic carbocycles. The molecule has 6 nitrogen and oxygen atoms in total. The molecule has 0 unspecified atom stereocenters. The number of hydrogen-bond donors (Lipinski definition) is 3. The smallest absolute Gasteiger partial charge is 0.320 e. The van der Waals surface area contributed by atoms with Crippen LogP contribution in [0.4, 0.5) is 5.69 Å². The van der Waals surface area contributed by atoms with Gasteiger partial charge in [0.15, 0.2) is 0 Å². The van der Waals surface area contributed by atoms with E-state index in [-0.39, 0.29) is 12.9 Å². The second-order valence-corrected chi connectivity index (χ2v) is 3.23. The Morgan fingerprint density at radius 2 is 2.29 bits per heavy atom. The van der Waals surface area contributed by atoms with Gasteiger partial charge in [0.05, 0.1) is 6.42 Å². The standard InChI is InChI=1S/C11H14N4O2/c1-14-11(15-17-7-16)6-10(13)8-4-2-3-5-9(8)12/h2-5,7,13H,6,12H2,1H3,(H,14,15). The van der Waals surface area contributed by atoms with Gasteiger partial charge in [-0.3, -0.25) is 9.79 Å². The van der Waals surface area contributed by atoms with E-state index in [4.69, 9.17) is 11.1 Å². The van der Waals surface area contributed by atoms with Crippen LogP contribution in [0.2, 0.25) is 0 Å². The minimum absolute atomic E-state index is 0.207. The summed E-state index contributed by atoms with van der Waals surface area (Å²) in [7, 11) is 1.54. The van der Waals surface area contributed by atoms with Crippen LogP contribution >= 0.6 is 0 Å². The zero-order valence-corrected chi connectivity index (χ0v) is 9.43. The fraction of sp³-hybridized carbons (Fsp3) is 0.182. The van der Waals surface area contributed by atoms with Gasteiger partial charge in [-0.2, -0.15) is 0 Å². The maximum atomic E-state index is 10.0. The summed E-state index contributed by atoms with van der Waals surface area (Å²) in [6, 6.07) is 7.08. The largest absolute Gasteiger partial charge is 0.398 e. The van der Waals surface area contributed by atoms with Crippen LogP contribution in [0.15, 0.2) is 29.3 Å². The minimum Gasteiger partial charge on any atom is -0.398 e. The third-order valence-electron chi connectivity index (χ3n) is 2.12. The molecule has 0 radical (unpaired) electrons. The SMILES string of the molecule is CN=C(CC(=N)c1ccccc1N)NOC=O. The molecule has 90 valence electrons. The number of nitrogens with one attached hydrogen (secondary N) is 2.